The summed E-state index contributed by atoms with van der Waals surface area (Å²) in [5.74, 6) is -1.49. The molecule has 0 atom stereocenters. The number of carbonyl (C=O) groups excluding carboxylic acids is 1. The summed E-state index contributed by atoms with van der Waals surface area (Å²) in [6.45, 7) is 0.794. The van der Waals surface area contributed by atoms with E-state index in [9.17, 15) is 17.6 Å². The molecular formula is C12H14ClFN2O4S. The fourth-order valence-corrected chi connectivity index (χ4v) is 2.54. The van der Waals surface area contributed by atoms with Gasteiger partial charge in [0.15, 0.2) is 0 Å². The Hall–Kier alpha value is -1.67. The smallest absolute Gasteiger partial charge is 0.302 e. The number of sulfonamides is 1. The highest BCUT2D eigenvalue weighted by Crippen LogP contribution is 2.26. The summed E-state index contributed by atoms with van der Waals surface area (Å²) in [6, 6.07) is 1.85. The zero-order valence-corrected chi connectivity index (χ0v) is 13.2. The van der Waals surface area contributed by atoms with Gasteiger partial charge in [-0.1, -0.05) is 11.6 Å². The average Bonchev–Trinajstić information content (AvgIpc) is 2.35. The number of ether oxygens (including phenoxy) is 1. The van der Waals surface area contributed by atoms with Crippen LogP contribution in [0.1, 0.15) is 12.5 Å². The first-order chi connectivity index (χ1) is 9.63. The van der Waals surface area contributed by atoms with Crippen LogP contribution in [-0.4, -0.2) is 39.7 Å². The minimum atomic E-state index is -4.05. The monoisotopic (exact) mass is 336 g/mol. The van der Waals surface area contributed by atoms with E-state index in [2.05, 4.69) is 9.13 Å². The lowest BCUT2D eigenvalue weighted by Crippen LogP contribution is -2.10. The molecule has 0 spiro atoms. The second kappa shape index (κ2) is 6.86. The van der Waals surface area contributed by atoms with Crippen molar-refractivity contribution in [3.63, 3.8) is 0 Å². The van der Waals surface area contributed by atoms with E-state index in [1.807, 2.05) is 0 Å². The van der Waals surface area contributed by atoms with Gasteiger partial charge < -0.3 is 9.64 Å². The highest BCUT2D eigenvalue weighted by Gasteiger charge is 2.18. The Labute approximate surface area is 127 Å². The lowest BCUT2D eigenvalue weighted by molar-refractivity contribution is -0.142. The van der Waals surface area contributed by atoms with Gasteiger partial charge in [-0.05, 0) is 12.1 Å². The van der Waals surface area contributed by atoms with Crippen LogP contribution in [0.15, 0.2) is 21.4 Å². The van der Waals surface area contributed by atoms with Crippen LogP contribution in [0.4, 0.5) is 4.39 Å². The van der Waals surface area contributed by atoms with Crippen LogP contribution >= 0.6 is 11.6 Å². The molecule has 1 rings (SSSR count). The van der Waals surface area contributed by atoms with Crippen LogP contribution in [0.25, 0.3) is 0 Å². The third kappa shape index (κ3) is 4.98. The molecule has 1 aromatic rings. The maximum absolute atomic E-state index is 13.9. The van der Waals surface area contributed by atoms with Gasteiger partial charge in [-0.25, -0.2) is 4.39 Å². The van der Waals surface area contributed by atoms with Gasteiger partial charge in [-0.15, -0.1) is 4.40 Å². The third-order valence-electron chi connectivity index (χ3n) is 2.25. The first kappa shape index (κ1) is 17.4. The lowest BCUT2D eigenvalue weighted by Gasteiger charge is -2.09. The molecular weight excluding hydrogens is 323 g/mol. The number of rotatable bonds is 5. The number of nitrogens with zero attached hydrogens (tertiary/aromatic N) is 2. The lowest BCUT2D eigenvalue weighted by atomic mass is 10.2. The quantitative estimate of drug-likeness (QED) is 0.466. The number of hydrogen-bond acceptors (Lipinski definition) is 4. The largest absolute Gasteiger partial charge is 0.461 e. The second-order valence-electron chi connectivity index (χ2n) is 4.31. The van der Waals surface area contributed by atoms with Crippen LogP contribution in [0.3, 0.4) is 0 Å². The van der Waals surface area contributed by atoms with E-state index in [1.165, 1.54) is 11.8 Å². The van der Waals surface area contributed by atoms with Gasteiger partial charge in [0.25, 0.3) is 10.0 Å². The second-order valence-corrected chi connectivity index (χ2v) is 6.34. The highest BCUT2D eigenvalue weighted by atomic mass is 35.5. The predicted octanol–water partition coefficient (Wildman–Crippen LogP) is 1.82. The number of hydrogen-bond donors (Lipinski definition) is 0. The summed E-state index contributed by atoms with van der Waals surface area (Å²) in [7, 11) is -0.869. The van der Waals surface area contributed by atoms with Gasteiger partial charge in [0, 0.05) is 26.6 Å². The molecule has 0 radical (unpaired) electrons. The Morgan fingerprint density at radius 1 is 1.48 bits per heavy atom. The van der Waals surface area contributed by atoms with E-state index >= 15 is 0 Å². The Morgan fingerprint density at radius 2 is 2.10 bits per heavy atom. The molecule has 0 aromatic heterocycles. The Morgan fingerprint density at radius 3 is 2.57 bits per heavy atom. The van der Waals surface area contributed by atoms with Gasteiger partial charge in [0.05, 0.1) is 9.92 Å². The Balaban J connectivity index is 3.16. The van der Waals surface area contributed by atoms with E-state index in [4.69, 9.17) is 11.6 Å². The standard InChI is InChI=1S/C12H14ClFN2O4S/c1-8(17)20-6-10-11(13)4-9(5-12(10)14)21(18,19)15-7-16(2)3/h4-5,7H,6H2,1-3H3. The van der Waals surface area contributed by atoms with Crippen molar-refractivity contribution in [2.75, 3.05) is 14.1 Å². The first-order valence-electron chi connectivity index (χ1n) is 5.71. The third-order valence-corrected chi connectivity index (χ3v) is 3.79. The van der Waals surface area contributed by atoms with Crippen LogP contribution in [0, 0.1) is 5.82 Å². The van der Waals surface area contributed by atoms with Crippen molar-refractivity contribution in [2.24, 2.45) is 4.40 Å². The van der Waals surface area contributed by atoms with E-state index < -0.39 is 21.8 Å². The van der Waals surface area contributed by atoms with Gasteiger partial charge in [0.2, 0.25) is 0 Å². The molecule has 1 aromatic carbocycles. The van der Waals surface area contributed by atoms with Crippen LogP contribution in [-0.2, 0) is 26.2 Å². The molecule has 0 aliphatic carbocycles. The summed E-state index contributed by atoms with van der Waals surface area (Å²) in [5, 5.41) is -0.158. The molecule has 0 aliphatic rings. The van der Waals surface area contributed by atoms with Gasteiger partial charge in [0.1, 0.15) is 18.8 Å². The van der Waals surface area contributed by atoms with Crippen LogP contribution < -0.4 is 0 Å². The van der Waals surface area contributed by atoms with Crippen molar-refractivity contribution in [1.29, 1.82) is 0 Å². The normalized spacial score (nSPS) is 11.7. The molecule has 0 heterocycles. The molecule has 6 nitrogen and oxygen atoms in total. The summed E-state index contributed by atoms with van der Waals surface area (Å²) < 4.78 is 45.7. The molecule has 0 aliphatic heterocycles. The zero-order valence-electron chi connectivity index (χ0n) is 11.6. The first-order valence-corrected chi connectivity index (χ1v) is 7.53. The maximum Gasteiger partial charge on any atom is 0.302 e. The van der Waals surface area contributed by atoms with Crippen molar-refractivity contribution >= 4 is 33.9 Å². The SMILES string of the molecule is CC(=O)OCc1c(F)cc(S(=O)(=O)N=CN(C)C)cc1Cl. The average molecular weight is 337 g/mol. The van der Waals surface area contributed by atoms with Crippen LogP contribution in [0.2, 0.25) is 5.02 Å². The highest BCUT2D eigenvalue weighted by molar-refractivity contribution is 7.90. The van der Waals surface area contributed by atoms with E-state index in [1.54, 1.807) is 14.1 Å². The van der Waals surface area contributed by atoms with Crippen molar-refractivity contribution in [3.05, 3.63) is 28.5 Å². The van der Waals surface area contributed by atoms with Crippen molar-refractivity contribution in [1.82, 2.24) is 4.90 Å². The summed E-state index contributed by atoms with van der Waals surface area (Å²) in [4.78, 5) is 11.7. The minimum absolute atomic E-state index is 0.0950. The summed E-state index contributed by atoms with van der Waals surface area (Å²) >= 11 is 5.83. The van der Waals surface area contributed by atoms with Crippen molar-refractivity contribution < 1.29 is 22.3 Å². The zero-order chi connectivity index (χ0) is 16.2. The molecule has 0 saturated carbocycles. The van der Waals surface area contributed by atoms with Crippen LogP contribution in [0.5, 0.6) is 0 Å². The minimum Gasteiger partial charge on any atom is -0.461 e. The molecule has 0 unspecified atom stereocenters. The molecule has 0 fully saturated rings. The predicted molar refractivity (Wildman–Crippen MR) is 76.2 cm³/mol. The molecule has 0 N–H and O–H groups in total. The van der Waals surface area contributed by atoms with Crippen molar-refractivity contribution in [3.8, 4) is 0 Å². The summed E-state index contributed by atoms with van der Waals surface area (Å²) in [5.41, 5.74) is -0.0950. The molecule has 0 saturated heterocycles. The Bertz CT molecular complexity index is 651. The van der Waals surface area contributed by atoms with E-state index in [0.29, 0.717) is 0 Å². The molecule has 21 heavy (non-hydrogen) atoms. The number of benzene rings is 1. The fraction of sp³-hybridized carbons (Fsp3) is 0.333. The van der Waals surface area contributed by atoms with Gasteiger partial charge >= 0.3 is 5.97 Å². The van der Waals surface area contributed by atoms with Gasteiger partial charge in [-0.2, -0.15) is 8.42 Å². The molecule has 0 amide bonds. The number of carbonyl (C=O) groups is 1. The number of esters is 1. The molecule has 0 bridgehead atoms. The Kier molecular flexibility index (Phi) is 5.68. The fourth-order valence-electron chi connectivity index (χ4n) is 1.26. The molecule has 9 heteroatoms. The van der Waals surface area contributed by atoms with Crippen molar-refractivity contribution in [2.45, 2.75) is 18.4 Å². The maximum atomic E-state index is 13.9. The molecule has 116 valence electrons. The van der Waals surface area contributed by atoms with E-state index in [0.717, 1.165) is 18.5 Å². The topological polar surface area (TPSA) is 76.0 Å². The van der Waals surface area contributed by atoms with Gasteiger partial charge in [-0.3, -0.25) is 4.79 Å². The number of halogens is 2. The summed E-state index contributed by atoms with van der Waals surface area (Å²) in [6.07, 6.45) is 1.08. The van der Waals surface area contributed by atoms with E-state index in [-0.39, 0.29) is 22.1 Å².